The van der Waals surface area contributed by atoms with E-state index in [1.54, 1.807) is 49.5 Å². The van der Waals surface area contributed by atoms with E-state index in [0.29, 0.717) is 61.5 Å². The van der Waals surface area contributed by atoms with E-state index in [2.05, 4.69) is 0 Å². The van der Waals surface area contributed by atoms with Crippen molar-refractivity contribution in [1.82, 2.24) is 4.90 Å². The molecular weight excluding hydrogens is 424 g/mol. The van der Waals surface area contributed by atoms with E-state index in [1.165, 1.54) is 7.11 Å². The highest BCUT2D eigenvalue weighted by Crippen LogP contribution is 2.32. The Morgan fingerprint density at radius 1 is 0.848 bits per heavy atom. The molecule has 0 aliphatic carbocycles. The van der Waals surface area contributed by atoms with Crippen molar-refractivity contribution in [2.45, 2.75) is 19.3 Å². The third-order valence-corrected chi connectivity index (χ3v) is 6.39. The largest absolute Gasteiger partial charge is 0.497 e. The van der Waals surface area contributed by atoms with Gasteiger partial charge in [0.15, 0.2) is 0 Å². The van der Waals surface area contributed by atoms with Crippen molar-refractivity contribution in [2.24, 2.45) is 5.92 Å². The molecule has 2 aliphatic heterocycles. The fourth-order valence-corrected chi connectivity index (χ4v) is 4.54. The second kappa shape index (κ2) is 9.52. The first kappa shape index (κ1) is 22.6. The number of carbonyl (C=O) groups is 3. The van der Waals surface area contributed by atoms with E-state index < -0.39 is 0 Å². The summed E-state index contributed by atoms with van der Waals surface area (Å²) in [6.07, 6.45) is 1.93. The summed E-state index contributed by atoms with van der Waals surface area (Å²) in [4.78, 5) is 41.6. The zero-order valence-corrected chi connectivity index (χ0v) is 19.1. The number of hydrogen-bond acceptors (Lipinski definition) is 6. The van der Waals surface area contributed by atoms with Crippen LogP contribution in [-0.2, 0) is 16.0 Å². The summed E-state index contributed by atoms with van der Waals surface area (Å²) in [6, 6.07) is 10.4. The maximum absolute atomic E-state index is 13.2. The first-order valence-corrected chi connectivity index (χ1v) is 11.0. The minimum atomic E-state index is -0.381. The van der Waals surface area contributed by atoms with Gasteiger partial charge in [-0.1, -0.05) is 0 Å². The number of amides is 2. The molecule has 2 aromatic carbocycles. The molecular formula is C25H28N2O6. The van der Waals surface area contributed by atoms with Crippen LogP contribution in [0.15, 0.2) is 36.4 Å². The molecule has 8 nitrogen and oxygen atoms in total. The molecule has 2 amide bonds. The molecule has 2 aromatic rings. The summed E-state index contributed by atoms with van der Waals surface area (Å²) >= 11 is 0. The van der Waals surface area contributed by atoms with E-state index in [0.717, 1.165) is 11.3 Å². The van der Waals surface area contributed by atoms with Crippen LogP contribution < -0.4 is 14.4 Å². The van der Waals surface area contributed by atoms with Gasteiger partial charge in [0.2, 0.25) is 5.91 Å². The third-order valence-electron chi connectivity index (χ3n) is 6.39. The molecule has 0 N–H and O–H groups in total. The fraction of sp³-hybridized carbons (Fsp3) is 0.400. The molecule has 8 heteroatoms. The molecule has 174 valence electrons. The van der Waals surface area contributed by atoms with Gasteiger partial charge in [0.05, 0.1) is 26.9 Å². The molecule has 0 bridgehead atoms. The first-order chi connectivity index (χ1) is 15.9. The molecule has 33 heavy (non-hydrogen) atoms. The maximum atomic E-state index is 13.2. The molecule has 2 aliphatic rings. The lowest BCUT2D eigenvalue weighted by Crippen LogP contribution is -2.44. The second-order valence-electron chi connectivity index (χ2n) is 8.24. The predicted octanol–water partition coefficient (Wildman–Crippen LogP) is 2.93. The number of piperidine rings is 1. The van der Waals surface area contributed by atoms with Gasteiger partial charge in [-0.2, -0.15) is 0 Å². The van der Waals surface area contributed by atoms with Crippen LogP contribution in [0.25, 0.3) is 0 Å². The van der Waals surface area contributed by atoms with Gasteiger partial charge < -0.3 is 24.0 Å². The van der Waals surface area contributed by atoms with Crippen LogP contribution >= 0.6 is 0 Å². The number of anilines is 1. The normalized spacial score (nSPS) is 15.7. The summed E-state index contributed by atoms with van der Waals surface area (Å²) < 4.78 is 15.3. The Morgan fingerprint density at radius 3 is 2.12 bits per heavy atom. The standard InChI is InChI=1S/C25H28N2O6/c1-31-20-13-19(14-21(15-20)32-2)23(28)26-9-6-16(7-10-26)24(29)27-11-8-17-12-18(25(30)33-3)4-5-22(17)27/h4-5,12-16H,6-11H2,1-3H3. The summed E-state index contributed by atoms with van der Waals surface area (Å²) in [5, 5.41) is 0. The van der Waals surface area contributed by atoms with E-state index in [-0.39, 0.29) is 23.7 Å². The fourth-order valence-electron chi connectivity index (χ4n) is 4.54. The number of ether oxygens (including phenoxy) is 3. The molecule has 0 saturated carbocycles. The van der Waals surface area contributed by atoms with Crippen LogP contribution in [0.1, 0.15) is 39.1 Å². The SMILES string of the molecule is COC(=O)c1ccc2c(c1)CCN2C(=O)C1CCN(C(=O)c2cc(OC)cc(OC)c2)CC1. The van der Waals surface area contributed by atoms with Crippen molar-refractivity contribution in [3.05, 3.63) is 53.1 Å². The number of methoxy groups -OCH3 is 3. The lowest BCUT2D eigenvalue weighted by Gasteiger charge is -2.33. The number of rotatable bonds is 5. The van der Waals surface area contributed by atoms with Crippen LogP contribution in [0.2, 0.25) is 0 Å². The number of esters is 1. The topological polar surface area (TPSA) is 85.4 Å². The van der Waals surface area contributed by atoms with E-state index >= 15 is 0 Å². The third kappa shape index (κ3) is 4.51. The van der Waals surface area contributed by atoms with Crippen LogP contribution in [0.3, 0.4) is 0 Å². The van der Waals surface area contributed by atoms with Crippen molar-refractivity contribution < 1.29 is 28.6 Å². The summed E-state index contributed by atoms with van der Waals surface area (Å²) in [7, 11) is 4.45. The quantitative estimate of drug-likeness (QED) is 0.649. The van der Waals surface area contributed by atoms with Gasteiger partial charge in [0.25, 0.3) is 5.91 Å². The first-order valence-electron chi connectivity index (χ1n) is 11.0. The molecule has 0 unspecified atom stereocenters. The smallest absolute Gasteiger partial charge is 0.337 e. The number of carbonyl (C=O) groups excluding carboxylic acids is 3. The zero-order chi connectivity index (χ0) is 23.5. The predicted molar refractivity (Wildman–Crippen MR) is 122 cm³/mol. The molecule has 1 fully saturated rings. The number of fused-ring (bicyclic) bond motifs is 1. The van der Waals surface area contributed by atoms with Gasteiger partial charge in [-0.05, 0) is 55.2 Å². The highest BCUT2D eigenvalue weighted by atomic mass is 16.5. The van der Waals surface area contributed by atoms with E-state index in [4.69, 9.17) is 14.2 Å². The summed E-state index contributed by atoms with van der Waals surface area (Å²) in [6.45, 7) is 1.62. The minimum absolute atomic E-state index is 0.0784. The van der Waals surface area contributed by atoms with Crippen molar-refractivity contribution >= 4 is 23.5 Å². The Kier molecular flexibility index (Phi) is 6.53. The van der Waals surface area contributed by atoms with Gasteiger partial charge in [-0.15, -0.1) is 0 Å². The Labute approximate surface area is 193 Å². The van der Waals surface area contributed by atoms with Crippen molar-refractivity contribution in [2.75, 3.05) is 45.9 Å². The Balaban J connectivity index is 1.40. The van der Waals surface area contributed by atoms with Gasteiger partial charge in [-0.3, -0.25) is 9.59 Å². The molecule has 0 radical (unpaired) electrons. The molecule has 0 aromatic heterocycles. The molecule has 1 saturated heterocycles. The van der Waals surface area contributed by atoms with Crippen molar-refractivity contribution in [3.8, 4) is 11.5 Å². The van der Waals surface area contributed by atoms with Gasteiger partial charge >= 0.3 is 5.97 Å². The number of hydrogen-bond donors (Lipinski definition) is 0. The van der Waals surface area contributed by atoms with Crippen LogP contribution in [0, 0.1) is 5.92 Å². The summed E-state index contributed by atoms with van der Waals surface area (Å²) in [5.74, 6) is 0.583. The average molecular weight is 453 g/mol. The van der Waals surface area contributed by atoms with Gasteiger partial charge in [-0.25, -0.2) is 4.79 Å². The monoisotopic (exact) mass is 452 g/mol. The van der Waals surface area contributed by atoms with E-state index in [9.17, 15) is 14.4 Å². The van der Waals surface area contributed by atoms with Gasteiger partial charge in [0.1, 0.15) is 11.5 Å². The molecule has 4 rings (SSSR count). The lowest BCUT2D eigenvalue weighted by atomic mass is 9.94. The minimum Gasteiger partial charge on any atom is -0.497 e. The van der Waals surface area contributed by atoms with Crippen molar-refractivity contribution in [3.63, 3.8) is 0 Å². The molecule has 0 atom stereocenters. The number of nitrogens with zero attached hydrogens (tertiary/aromatic N) is 2. The Morgan fingerprint density at radius 2 is 1.52 bits per heavy atom. The van der Waals surface area contributed by atoms with E-state index in [1.807, 2.05) is 11.0 Å². The average Bonchev–Trinajstić information content (AvgIpc) is 3.30. The number of likely N-dealkylation sites (tertiary alicyclic amines) is 1. The lowest BCUT2D eigenvalue weighted by molar-refractivity contribution is -0.123. The second-order valence-corrected chi connectivity index (χ2v) is 8.24. The summed E-state index contributed by atoms with van der Waals surface area (Å²) in [5.41, 5.74) is 2.83. The van der Waals surface area contributed by atoms with Gasteiger partial charge in [0, 0.05) is 42.9 Å². The maximum Gasteiger partial charge on any atom is 0.337 e. The Hall–Kier alpha value is -3.55. The number of benzene rings is 2. The molecule has 0 spiro atoms. The van der Waals surface area contributed by atoms with Crippen LogP contribution in [0.5, 0.6) is 11.5 Å². The highest BCUT2D eigenvalue weighted by molar-refractivity contribution is 5.99. The van der Waals surface area contributed by atoms with Crippen LogP contribution in [-0.4, -0.2) is 63.6 Å². The highest BCUT2D eigenvalue weighted by Gasteiger charge is 2.34. The van der Waals surface area contributed by atoms with Crippen molar-refractivity contribution in [1.29, 1.82) is 0 Å². The zero-order valence-electron chi connectivity index (χ0n) is 19.1. The Bertz CT molecular complexity index is 1050. The molecule has 2 heterocycles. The van der Waals surface area contributed by atoms with Crippen LogP contribution in [0.4, 0.5) is 5.69 Å².